The number of nitriles is 1. The van der Waals surface area contributed by atoms with Crippen molar-refractivity contribution in [2.45, 2.75) is 78.1 Å². The lowest BCUT2D eigenvalue weighted by Gasteiger charge is -2.28. The van der Waals surface area contributed by atoms with Gasteiger partial charge in [-0.15, -0.1) is 0 Å². The summed E-state index contributed by atoms with van der Waals surface area (Å²) in [5.41, 5.74) is 1.26. The molecule has 3 heterocycles. The maximum absolute atomic E-state index is 13.2. The van der Waals surface area contributed by atoms with E-state index in [2.05, 4.69) is 17.9 Å². The molecule has 0 unspecified atom stereocenters. The summed E-state index contributed by atoms with van der Waals surface area (Å²) in [4.78, 5) is 30.7. The van der Waals surface area contributed by atoms with E-state index in [4.69, 9.17) is 12.2 Å². The summed E-state index contributed by atoms with van der Waals surface area (Å²) in [5, 5.41) is 9.67. The van der Waals surface area contributed by atoms with Crippen molar-refractivity contribution < 1.29 is 4.79 Å². The van der Waals surface area contributed by atoms with Crippen molar-refractivity contribution in [1.29, 1.82) is 5.26 Å². The number of thiocarbonyl (C=S) groups is 1. The number of hydrogen-bond acceptors (Lipinski definition) is 6. The van der Waals surface area contributed by atoms with Crippen LogP contribution in [0.25, 0.3) is 6.08 Å². The number of carbonyl (C=O) groups excluding carboxylic acids is 1. The second kappa shape index (κ2) is 12.6. The van der Waals surface area contributed by atoms with E-state index in [1.165, 1.54) is 50.3 Å². The molecule has 184 valence electrons. The molecule has 2 aliphatic rings. The smallest absolute Gasteiger partial charge is 0.270 e. The minimum atomic E-state index is -0.285. The molecule has 1 amide bonds. The zero-order valence-electron chi connectivity index (χ0n) is 20.7. The number of thioether (sulfide) groups is 1. The van der Waals surface area contributed by atoms with Gasteiger partial charge >= 0.3 is 0 Å². The van der Waals surface area contributed by atoms with Crippen molar-refractivity contribution in [2.75, 3.05) is 24.5 Å². The highest BCUT2D eigenvalue weighted by Crippen LogP contribution is 2.36. The number of anilines is 1. The largest absolute Gasteiger partial charge is 0.357 e. The van der Waals surface area contributed by atoms with Gasteiger partial charge in [0.1, 0.15) is 21.8 Å². The van der Waals surface area contributed by atoms with Crippen LogP contribution in [-0.2, 0) is 11.8 Å². The molecule has 0 bridgehead atoms. The lowest BCUT2D eigenvalue weighted by Crippen LogP contribution is -2.34. The Labute approximate surface area is 213 Å². The number of aromatic nitrogens is 1. The van der Waals surface area contributed by atoms with Gasteiger partial charge in [-0.05, 0) is 37.8 Å². The Morgan fingerprint density at radius 1 is 1.06 bits per heavy atom. The number of carbonyl (C=O) groups is 1. The first-order valence-electron chi connectivity index (χ1n) is 12.5. The highest BCUT2D eigenvalue weighted by atomic mass is 32.2. The first-order chi connectivity index (χ1) is 16.4. The maximum atomic E-state index is 13.2. The Morgan fingerprint density at radius 2 is 1.71 bits per heavy atom. The number of unbranched alkanes of at least 4 members (excludes halogenated alkanes) is 5. The number of amides is 1. The Hall–Kier alpha value is -2.11. The third-order valence-corrected chi connectivity index (χ3v) is 8.14. The monoisotopic (exact) mass is 500 g/mol. The van der Waals surface area contributed by atoms with Gasteiger partial charge in [0.25, 0.3) is 11.5 Å². The summed E-state index contributed by atoms with van der Waals surface area (Å²) in [6, 6.07) is 2.08. The molecule has 1 aromatic heterocycles. The van der Waals surface area contributed by atoms with Gasteiger partial charge in [-0.3, -0.25) is 19.1 Å². The summed E-state index contributed by atoms with van der Waals surface area (Å²) in [5.74, 6) is 0.724. The Morgan fingerprint density at radius 3 is 2.35 bits per heavy atom. The predicted molar refractivity (Wildman–Crippen MR) is 145 cm³/mol. The van der Waals surface area contributed by atoms with Gasteiger partial charge in [-0.1, -0.05) is 75.8 Å². The molecule has 1 aromatic rings. The standard InChI is InChI=1S/C26H36N4O2S2/c1-4-5-6-7-8-13-16-30-25(32)22(34-26(30)33)17-20-19(2)21(18-27)24(31)28(3)23(20)29-14-11-9-10-12-15-29/h17H,4-16H2,1-3H3/b22-17+. The van der Waals surface area contributed by atoms with E-state index in [-0.39, 0.29) is 17.0 Å². The molecule has 6 nitrogen and oxygen atoms in total. The van der Waals surface area contributed by atoms with Crippen LogP contribution in [0.2, 0.25) is 0 Å². The minimum absolute atomic E-state index is 0.0721. The molecule has 2 saturated heterocycles. The van der Waals surface area contributed by atoms with Gasteiger partial charge in [0.2, 0.25) is 0 Å². The van der Waals surface area contributed by atoms with E-state index in [1.54, 1.807) is 16.5 Å². The predicted octanol–water partition coefficient (Wildman–Crippen LogP) is 5.51. The first-order valence-corrected chi connectivity index (χ1v) is 13.8. The van der Waals surface area contributed by atoms with Crippen LogP contribution in [0.3, 0.4) is 0 Å². The summed E-state index contributed by atoms with van der Waals surface area (Å²) in [6.45, 7) is 6.38. The number of hydrogen-bond donors (Lipinski definition) is 0. The van der Waals surface area contributed by atoms with Crippen LogP contribution in [0.1, 0.15) is 87.8 Å². The molecule has 0 N–H and O–H groups in total. The second-order valence-electron chi connectivity index (χ2n) is 9.22. The maximum Gasteiger partial charge on any atom is 0.270 e. The van der Waals surface area contributed by atoms with E-state index < -0.39 is 0 Å². The highest BCUT2D eigenvalue weighted by molar-refractivity contribution is 8.26. The molecule has 0 aliphatic carbocycles. The number of pyridine rings is 1. The quantitative estimate of drug-likeness (QED) is 0.253. The Kier molecular flexibility index (Phi) is 9.78. The fourth-order valence-corrected chi connectivity index (χ4v) is 6.04. The van der Waals surface area contributed by atoms with Crippen LogP contribution in [0.15, 0.2) is 9.70 Å². The molecule has 8 heteroatoms. The van der Waals surface area contributed by atoms with Gasteiger partial charge in [0.15, 0.2) is 0 Å². The van der Waals surface area contributed by atoms with Crippen LogP contribution < -0.4 is 10.5 Å². The summed E-state index contributed by atoms with van der Waals surface area (Å²) >= 11 is 6.86. The molecule has 3 rings (SSSR count). The molecule has 0 radical (unpaired) electrons. The van der Waals surface area contributed by atoms with Gasteiger partial charge < -0.3 is 4.90 Å². The molecule has 2 aliphatic heterocycles. The van der Waals surface area contributed by atoms with Crippen molar-refractivity contribution in [1.82, 2.24) is 9.47 Å². The Balaban J connectivity index is 1.91. The molecule has 0 atom stereocenters. The van der Waals surface area contributed by atoms with E-state index in [0.717, 1.165) is 50.2 Å². The second-order valence-corrected chi connectivity index (χ2v) is 10.9. The highest BCUT2D eigenvalue weighted by Gasteiger charge is 2.32. The van der Waals surface area contributed by atoms with Gasteiger partial charge in [0.05, 0.1) is 4.91 Å². The van der Waals surface area contributed by atoms with Gasteiger partial charge in [-0.2, -0.15) is 5.26 Å². The fraction of sp³-hybridized carbons (Fsp3) is 0.615. The zero-order chi connectivity index (χ0) is 24.7. The van der Waals surface area contributed by atoms with Crippen LogP contribution >= 0.6 is 24.0 Å². The van der Waals surface area contributed by atoms with E-state index >= 15 is 0 Å². The van der Waals surface area contributed by atoms with Crippen molar-refractivity contribution in [3.63, 3.8) is 0 Å². The SMILES string of the molecule is CCCCCCCCN1C(=O)/C(=C\c2c(C)c(C#N)c(=O)n(C)c2N2CCCCCC2)SC1=S. The van der Waals surface area contributed by atoms with Crippen molar-refractivity contribution in [3.8, 4) is 6.07 Å². The van der Waals surface area contributed by atoms with Crippen LogP contribution in [-0.4, -0.2) is 39.3 Å². The van der Waals surface area contributed by atoms with Crippen LogP contribution in [0.5, 0.6) is 0 Å². The van der Waals surface area contributed by atoms with E-state index in [9.17, 15) is 14.9 Å². The summed E-state index contributed by atoms with van der Waals surface area (Å²) in [7, 11) is 1.73. The van der Waals surface area contributed by atoms with Crippen LogP contribution in [0.4, 0.5) is 5.82 Å². The van der Waals surface area contributed by atoms with Crippen LogP contribution in [0, 0.1) is 18.3 Å². The average Bonchev–Trinajstić information content (AvgIpc) is 2.99. The lowest BCUT2D eigenvalue weighted by atomic mass is 10.0. The molecule has 0 saturated carbocycles. The zero-order valence-corrected chi connectivity index (χ0v) is 22.3. The van der Waals surface area contributed by atoms with Crippen molar-refractivity contribution >= 4 is 46.1 Å². The number of rotatable bonds is 9. The molecule has 0 aromatic carbocycles. The third-order valence-electron chi connectivity index (χ3n) is 6.76. The molecular formula is C26H36N4O2S2. The summed E-state index contributed by atoms with van der Waals surface area (Å²) in [6.07, 6.45) is 13.3. The normalized spacial score (nSPS) is 18.0. The average molecular weight is 501 g/mol. The fourth-order valence-electron chi connectivity index (χ4n) is 4.75. The minimum Gasteiger partial charge on any atom is -0.357 e. The van der Waals surface area contributed by atoms with Gasteiger partial charge in [-0.25, -0.2) is 0 Å². The molecule has 2 fully saturated rings. The van der Waals surface area contributed by atoms with E-state index in [1.807, 2.05) is 13.0 Å². The van der Waals surface area contributed by atoms with Crippen molar-refractivity contribution in [2.24, 2.45) is 7.05 Å². The number of nitrogens with zero attached hydrogens (tertiary/aromatic N) is 4. The Bertz CT molecular complexity index is 1050. The molecule has 0 spiro atoms. The topological polar surface area (TPSA) is 69.3 Å². The van der Waals surface area contributed by atoms with E-state index in [0.29, 0.717) is 21.3 Å². The van der Waals surface area contributed by atoms with Gasteiger partial charge in [0, 0.05) is 32.2 Å². The van der Waals surface area contributed by atoms with Crippen molar-refractivity contribution in [3.05, 3.63) is 31.9 Å². The summed E-state index contributed by atoms with van der Waals surface area (Å²) < 4.78 is 2.17. The first kappa shape index (κ1) is 26.5. The molecule has 34 heavy (non-hydrogen) atoms. The molecular weight excluding hydrogens is 464 g/mol. The third kappa shape index (κ3) is 5.92. The lowest BCUT2D eigenvalue weighted by molar-refractivity contribution is -0.122.